The van der Waals surface area contributed by atoms with Crippen molar-refractivity contribution < 1.29 is 42.8 Å². The average Bonchev–Trinajstić information content (AvgIpc) is 3.25. The molecule has 0 saturated heterocycles. The predicted octanol–water partition coefficient (Wildman–Crippen LogP) is 13.2. The molecule has 0 aliphatic heterocycles. The molecule has 60 heavy (non-hydrogen) atoms. The van der Waals surface area contributed by atoms with Crippen molar-refractivity contribution in [2.45, 2.75) is 214 Å². The minimum absolute atomic E-state index is 0.0209. The zero-order valence-electron chi connectivity index (χ0n) is 39.5. The molecule has 1 atom stereocenters. The summed E-state index contributed by atoms with van der Waals surface area (Å²) >= 11 is 0. The van der Waals surface area contributed by atoms with Crippen LogP contribution in [0.15, 0.2) is 24.3 Å². The largest absolute Gasteiger partial charge is 0.508 e. The Morgan fingerprint density at radius 2 is 0.933 bits per heavy atom. The lowest BCUT2D eigenvalue weighted by atomic mass is 10.1. The number of nitrogens with zero attached hydrogens (tertiary/aromatic N) is 1. The second kappa shape index (κ2) is 46.1. The molecule has 0 amide bonds. The van der Waals surface area contributed by atoms with Crippen LogP contribution in [0.4, 0.5) is 4.79 Å². The van der Waals surface area contributed by atoms with Crippen molar-refractivity contribution in [1.82, 2.24) is 4.90 Å². The van der Waals surface area contributed by atoms with E-state index in [2.05, 4.69) is 63.8 Å². The van der Waals surface area contributed by atoms with E-state index in [1.54, 1.807) is 0 Å². The van der Waals surface area contributed by atoms with Crippen LogP contribution in [0.2, 0.25) is 0 Å². The van der Waals surface area contributed by atoms with Crippen molar-refractivity contribution in [1.29, 1.82) is 0 Å². The number of esters is 2. The van der Waals surface area contributed by atoms with Gasteiger partial charge in [0.1, 0.15) is 19.8 Å². The molecule has 0 aliphatic carbocycles. The van der Waals surface area contributed by atoms with E-state index >= 15 is 0 Å². The number of hydrogen-bond acceptors (Lipinski definition) is 10. The predicted molar refractivity (Wildman–Crippen MR) is 246 cm³/mol. The Kier molecular flexibility index (Phi) is 44.2. The lowest BCUT2D eigenvalue weighted by molar-refractivity contribution is -0.161. The van der Waals surface area contributed by atoms with Gasteiger partial charge in [-0.25, -0.2) is 4.79 Å². The van der Waals surface area contributed by atoms with Gasteiger partial charge in [-0.3, -0.25) is 9.59 Å². The molecule has 0 aromatic rings. The van der Waals surface area contributed by atoms with Crippen LogP contribution in [0.25, 0.3) is 0 Å². The minimum atomic E-state index is -0.782. The molecule has 10 heteroatoms. The Balaban J connectivity index is 4.84. The molecule has 0 bridgehead atoms. The quantitative estimate of drug-likeness (QED) is 0.0193. The van der Waals surface area contributed by atoms with Gasteiger partial charge in [-0.1, -0.05) is 155 Å². The summed E-state index contributed by atoms with van der Waals surface area (Å²) in [6, 6.07) is 0. The second-order valence-electron chi connectivity index (χ2n) is 16.2. The normalized spacial score (nSPS) is 12.2. The smallest absolute Gasteiger partial charge is 0.465 e. The highest BCUT2D eigenvalue weighted by Crippen LogP contribution is 2.14. The fourth-order valence-electron chi connectivity index (χ4n) is 6.65. The third kappa shape index (κ3) is 40.9. The van der Waals surface area contributed by atoms with Crippen LogP contribution in [0.1, 0.15) is 208 Å². The van der Waals surface area contributed by atoms with Gasteiger partial charge in [-0.05, 0) is 70.9 Å². The number of unbranched alkanes of at least 4 members (excludes halogenated alkanes) is 18. The molecular weight excluding hydrogens is 759 g/mol. The number of hydrogen-bond donors (Lipinski definition) is 0. The summed E-state index contributed by atoms with van der Waals surface area (Å²) in [7, 11) is 0. The number of carbonyl (C=O) groups excluding carboxylic acids is 3. The number of carbonyl (C=O) groups is 3. The van der Waals surface area contributed by atoms with Crippen molar-refractivity contribution in [3.63, 3.8) is 0 Å². The molecule has 0 saturated carbocycles. The molecular formula is C50H93NO9. The van der Waals surface area contributed by atoms with Crippen LogP contribution in [0, 0.1) is 5.92 Å². The highest BCUT2D eigenvalue weighted by molar-refractivity contribution is 5.69. The van der Waals surface area contributed by atoms with Gasteiger partial charge in [0.2, 0.25) is 0 Å². The van der Waals surface area contributed by atoms with Crippen LogP contribution in [-0.2, 0) is 38.0 Å². The summed E-state index contributed by atoms with van der Waals surface area (Å²) in [6.45, 7) is 14.9. The lowest BCUT2D eigenvalue weighted by Crippen LogP contribution is -2.28. The third-order valence-corrected chi connectivity index (χ3v) is 10.6. The topological polar surface area (TPSA) is 110 Å². The summed E-state index contributed by atoms with van der Waals surface area (Å²) in [5.41, 5.74) is 0. The standard InChI is InChI=1S/C50H93NO9/c1-6-11-14-17-20-21-22-23-24-25-26-27-28-29-32-36-47(52)58-43-46(45-60-50(54)57-42-35-39-51(9-4)10-5)44-59-48(53)37-38-49(55-40-33-30-18-15-12-7-2)56-41-34-31-19-16-13-8-3/h20-21,23-24,46,49H,6-19,22,25-45H2,1-5H3/b21-20-,24-23?. The fourth-order valence-corrected chi connectivity index (χ4v) is 6.65. The van der Waals surface area contributed by atoms with E-state index in [1.807, 2.05) is 0 Å². The fraction of sp³-hybridized carbons (Fsp3) is 0.860. The van der Waals surface area contributed by atoms with E-state index in [0.29, 0.717) is 32.5 Å². The van der Waals surface area contributed by atoms with Gasteiger partial charge in [0.25, 0.3) is 0 Å². The maximum atomic E-state index is 12.9. The van der Waals surface area contributed by atoms with E-state index in [1.165, 1.54) is 77.0 Å². The minimum Gasteiger partial charge on any atom is -0.465 e. The van der Waals surface area contributed by atoms with Crippen molar-refractivity contribution in [3.8, 4) is 0 Å². The van der Waals surface area contributed by atoms with Crippen molar-refractivity contribution in [2.75, 3.05) is 59.3 Å². The first kappa shape index (κ1) is 57.6. The Labute approximate surface area is 368 Å². The monoisotopic (exact) mass is 852 g/mol. The molecule has 1 unspecified atom stereocenters. The average molecular weight is 852 g/mol. The van der Waals surface area contributed by atoms with E-state index in [9.17, 15) is 14.4 Å². The molecule has 352 valence electrons. The Morgan fingerprint density at radius 1 is 0.467 bits per heavy atom. The van der Waals surface area contributed by atoms with Crippen LogP contribution < -0.4 is 0 Å². The Hall–Kier alpha value is -2.43. The van der Waals surface area contributed by atoms with Gasteiger partial charge < -0.3 is 33.3 Å². The van der Waals surface area contributed by atoms with E-state index in [0.717, 1.165) is 90.3 Å². The molecule has 0 N–H and O–H groups in total. The van der Waals surface area contributed by atoms with Crippen LogP contribution in [0.5, 0.6) is 0 Å². The van der Waals surface area contributed by atoms with Crippen LogP contribution in [0.3, 0.4) is 0 Å². The summed E-state index contributed by atoms with van der Waals surface area (Å²) < 4.78 is 34.1. The van der Waals surface area contributed by atoms with Gasteiger partial charge in [0, 0.05) is 32.6 Å². The maximum Gasteiger partial charge on any atom is 0.508 e. The third-order valence-electron chi connectivity index (χ3n) is 10.6. The summed E-state index contributed by atoms with van der Waals surface area (Å²) in [4.78, 5) is 40.2. The SMILES string of the molecule is CCCCC/C=C\CC=CCCCCCCCC(=O)OCC(COC(=O)CCC(OCCCCCCCC)OCCCCCCCC)COC(=O)OCCCN(CC)CC. The molecule has 0 aromatic carbocycles. The van der Waals surface area contributed by atoms with Crippen molar-refractivity contribution >= 4 is 18.1 Å². The van der Waals surface area contributed by atoms with Gasteiger partial charge in [0.15, 0.2) is 6.29 Å². The Morgan fingerprint density at radius 3 is 1.50 bits per heavy atom. The highest BCUT2D eigenvalue weighted by atomic mass is 16.7. The van der Waals surface area contributed by atoms with Gasteiger partial charge >= 0.3 is 18.1 Å². The molecule has 0 rings (SSSR count). The molecule has 0 aromatic heterocycles. The van der Waals surface area contributed by atoms with Crippen LogP contribution >= 0.6 is 0 Å². The van der Waals surface area contributed by atoms with Gasteiger partial charge in [0.05, 0.1) is 18.9 Å². The molecule has 0 aliphatic rings. The molecule has 10 nitrogen and oxygen atoms in total. The summed E-state index contributed by atoms with van der Waals surface area (Å²) in [5, 5.41) is 0. The van der Waals surface area contributed by atoms with Crippen molar-refractivity contribution in [3.05, 3.63) is 24.3 Å². The first-order valence-electron chi connectivity index (χ1n) is 24.8. The Bertz CT molecular complexity index is 998. The van der Waals surface area contributed by atoms with Gasteiger partial charge in [-0.2, -0.15) is 0 Å². The zero-order valence-corrected chi connectivity index (χ0v) is 39.5. The van der Waals surface area contributed by atoms with E-state index in [-0.39, 0.29) is 38.8 Å². The van der Waals surface area contributed by atoms with Crippen molar-refractivity contribution in [2.24, 2.45) is 5.92 Å². The zero-order chi connectivity index (χ0) is 44.0. The first-order valence-corrected chi connectivity index (χ1v) is 24.8. The van der Waals surface area contributed by atoms with E-state index in [4.69, 9.17) is 28.4 Å². The number of allylic oxidation sites excluding steroid dienone is 4. The summed E-state index contributed by atoms with van der Waals surface area (Å²) in [6.07, 6.45) is 35.7. The maximum absolute atomic E-state index is 12.9. The lowest BCUT2D eigenvalue weighted by Gasteiger charge is -2.20. The number of ether oxygens (including phenoxy) is 6. The molecule has 0 radical (unpaired) electrons. The summed E-state index contributed by atoms with van der Waals surface area (Å²) in [5.74, 6) is -1.22. The van der Waals surface area contributed by atoms with E-state index < -0.39 is 24.3 Å². The van der Waals surface area contributed by atoms with Gasteiger partial charge in [-0.15, -0.1) is 0 Å². The molecule has 0 heterocycles. The highest BCUT2D eigenvalue weighted by Gasteiger charge is 2.20. The number of rotatable bonds is 45. The van der Waals surface area contributed by atoms with Crippen LogP contribution in [-0.4, -0.2) is 88.6 Å². The molecule has 0 fully saturated rings. The second-order valence-corrected chi connectivity index (χ2v) is 16.2. The first-order chi connectivity index (χ1) is 29.4. The molecule has 0 spiro atoms.